The van der Waals surface area contributed by atoms with Gasteiger partial charge in [-0.25, -0.2) is 4.98 Å². The predicted molar refractivity (Wildman–Crippen MR) is 101 cm³/mol. The highest BCUT2D eigenvalue weighted by Gasteiger charge is 2.42. The highest BCUT2D eigenvalue weighted by Crippen LogP contribution is 2.32. The van der Waals surface area contributed by atoms with Crippen LogP contribution in [-0.4, -0.2) is 46.7 Å². The van der Waals surface area contributed by atoms with Crippen LogP contribution in [-0.2, 0) is 15.8 Å². The molecule has 2 aliphatic rings. The Morgan fingerprint density at radius 3 is 2.63 bits per heavy atom. The predicted octanol–water partition coefficient (Wildman–Crippen LogP) is 2.69. The van der Waals surface area contributed by atoms with Gasteiger partial charge in [0.05, 0.1) is 23.1 Å². The Morgan fingerprint density at radius 1 is 1.17 bits per heavy atom. The highest BCUT2D eigenvalue weighted by molar-refractivity contribution is 6.13. The number of benzene rings is 1. The van der Waals surface area contributed by atoms with Crippen LogP contribution < -0.4 is 10.2 Å². The maximum atomic E-state index is 13.1. The molecule has 1 fully saturated rings. The van der Waals surface area contributed by atoms with E-state index in [1.54, 1.807) is 24.3 Å². The Morgan fingerprint density at radius 2 is 1.93 bits per heavy atom. The minimum Gasteiger partial charge on any atom is -0.327 e. The summed E-state index contributed by atoms with van der Waals surface area (Å²) in [7, 11) is 0. The smallest absolute Gasteiger partial charge is 0.327 e. The second-order valence-electron chi connectivity index (χ2n) is 7.08. The third-order valence-corrected chi connectivity index (χ3v) is 5.13. The van der Waals surface area contributed by atoms with E-state index in [4.69, 9.17) is 0 Å². The fourth-order valence-corrected chi connectivity index (χ4v) is 3.75. The third kappa shape index (κ3) is 3.60. The van der Waals surface area contributed by atoms with Crippen molar-refractivity contribution in [2.75, 3.05) is 23.3 Å². The van der Waals surface area contributed by atoms with Gasteiger partial charge in [-0.1, -0.05) is 12.1 Å². The first-order valence-electron chi connectivity index (χ1n) is 9.30. The normalized spacial score (nSPS) is 18.7. The zero-order chi connectivity index (χ0) is 21.5. The molecule has 0 saturated carbocycles. The average Bonchev–Trinajstić information content (AvgIpc) is 3.18. The number of anilines is 2. The molecule has 3 amide bonds. The minimum absolute atomic E-state index is 0.0714. The number of rotatable bonds is 3. The summed E-state index contributed by atoms with van der Waals surface area (Å²) in [5, 5.41) is 2.45. The Labute approximate surface area is 169 Å². The number of hydrogen-bond donors (Lipinski definition) is 1. The lowest BCUT2D eigenvalue weighted by Gasteiger charge is -2.25. The molecule has 30 heavy (non-hydrogen) atoms. The molecule has 2 aromatic rings. The zero-order valence-electron chi connectivity index (χ0n) is 15.6. The maximum absolute atomic E-state index is 13.1. The summed E-state index contributed by atoms with van der Waals surface area (Å²) in [5.41, 5.74) is -0.332. The van der Waals surface area contributed by atoms with Crippen LogP contribution in [0, 0.1) is 0 Å². The van der Waals surface area contributed by atoms with Crippen LogP contribution in [0.1, 0.15) is 28.9 Å². The van der Waals surface area contributed by atoms with Gasteiger partial charge in [0.2, 0.25) is 11.8 Å². The van der Waals surface area contributed by atoms with E-state index in [1.165, 1.54) is 9.80 Å². The summed E-state index contributed by atoms with van der Waals surface area (Å²) in [4.78, 5) is 44.6. The first-order valence-corrected chi connectivity index (χ1v) is 9.30. The fraction of sp³-hybridized carbons (Fsp3) is 0.300. The Bertz CT molecular complexity index is 1010. The molecule has 1 saturated heterocycles. The number of carbonyl (C=O) groups is 3. The van der Waals surface area contributed by atoms with Crippen molar-refractivity contribution in [1.29, 1.82) is 0 Å². The first-order chi connectivity index (χ1) is 14.3. The molecule has 0 radical (unpaired) electrons. The molecule has 2 aliphatic heterocycles. The van der Waals surface area contributed by atoms with Crippen molar-refractivity contribution < 1.29 is 27.6 Å². The molecule has 1 atom stereocenters. The molecule has 1 aromatic carbocycles. The molecule has 0 bridgehead atoms. The first kappa shape index (κ1) is 19.9. The van der Waals surface area contributed by atoms with Gasteiger partial charge in [0.25, 0.3) is 5.91 Å². The molecule has 1 unspecified atom stereocenters. The van der Waals surface area contributed by atoms with Gasteiger partial charge < -0.3 is 15.1 Å². The Balaban J connectivity index is 1.56. The molecule has 1 N–H and O–H groups in total. The van der Waals surface area contributed by atoms with Crippen molar-refractivity contribution in [2.45, 2.75) is 25.1 Å². The fourth-order valence-electron chi connectivity index (χ4n) is 3.75. The number of para-hydroxylation sites is 1. The van der Waals surface area contributed by atoms with Gasteiger partial charge in [0.1, 0.15) is 18.3 Å². The van der Waals surface area contributed by atoms with Crippen LogP contribution in [0.15, 0.2) is 42.6 Å². The Hall–Kier alpha value is -3.43. The minimum atomic E-state index is -4.58. The second kappa shape index (κ2) is 7.43. The molecule has 7 nitrogen and oxygen atoms in total. The van der Waals surface area contributed by atoms with Gasteiger partial charge in [-0.05, 0) is 37.1 Å². The van der Waals surface area contributed by atoms with E-state index in [9.17, 15) is 27.6 Å². The maximum Gasteiger partial charge on any atom is 0.433 e. The molecule has 156 valence electrons. The van der Waals surface area contributed by atoms with Crippen molar-refractivity contribution in [3.8, 4) is 0 Å². The molecule has 0 aliphatic carbocycles. The van der Waals surface area contributed by atoms with Crippen LogP contribution in [0.25, 0.3) is 0 Å². The van der Waals surface area contributed by atoms with Crippen LogP contribution in [0.5, 0.6) is 0 Å². The number of alkyl halides is 3. The third-order valence-electron chi connectivity index (χ3n) is 5.13. The van der Waals surface area contributed by atoms with Crippen molar-refractivity contribution in [3.05, 3.63) is 53.9 Å². The van der Waals surface area contributed by atoms with E-state index in [0.717, 1.165) is 18.3 Å². The van der Waals surface area contributed by atoms with Crippen LogP contribution in [0.3, 0.4) is 0 Å². The van der Waals surface area contributed by atoms with Crippen LogP contribution >= 0.6 is 0 Å². The van der Waals surface area contributed by atoms with Gasteiger partial charge >= 0.3 is 6.18 Å². The molecule has 3 heterocycles. The lowest BCUT2D eigenvalue weighted by molar-refractivity contribution is -0.141. The molecule has 10 heteroatoms. The van der Waals surface area contributed by atoms with Crippen molar-refractivity contribution >= 4 is 29.1 Å². The van der Waals surface area contributed by atoms with Gasteiger partial charge in [0, 0.05) is 6.54 Å². The monoisotopic (exact) mass is 418 g/mol. The van der Waals surface area contributed by atoms with Crippen LogP contribution in [0.4, 0.5) is 24.5 Å². The number of hydrogen-bond acceptors (Lipinski definition) is 4. The Kier molecular flexibility index (Phi) is 4.92. The number of aromatic nitrogens is 1. The topological polar surface area (TPSA) is 82.6 Å². The van der Waals surface area contributed by atoms with E-state index in [1.807, 2.05) is 0 Å². The molecular formula is C20H17F3N4O3. The largest absolute Gasteiger partial charge is 0.433 e. The number of fused-ring (bicyclic) bond motifs is 2. The van der Waals surface area contributed by atoms with Gasteiger partial charge in [-0.2, -0.15) is 13.2 Å². The van der Waals surface area contributed by atoms with E-state index in [0.29, 0.717) is 30.6 Å². The summed E-state index contributed by atoms with van der Waals surface area (Å²) >= 11 is 0. The van der Waals surface area contributed by atoms with E-state index in [-0.39, 0.29) is 24.0 Å². The quantitative estimate of drug-likeness (QED) is 0.831. The number of pyridine rings is 1. The lowest BCUT2D eigenvalue weighted by Crippen LogP contribution is -2.47. The lowest BCUT2D eigenvalue weighted by atomic mass is 10.1. The van der Waals surface area contributed by atoms with Gasteiger partial charge in [-0.15, -0.1) is 0 Å². The number of amides is 3. The molecule has 1 aromatic heterocycles. The number of nitrogens with zero attached hydrogens (tertiary/aromatic N) is 3. The van der Waals surface area contributed by atoms with E-state index in [2.05, 4.69) is 10.3 Å². The summed E-state index contributed by atoms with van der Waals surface area (Å²) in [5.74, 6) is -1.22. The van der Waals surface area contributed by atoms with Crippen molar-refractivity contribution in [1.82, 2.24) is 9.88 Å². The summed E-state index contributed by atoms with van der Waals surface area (Å²) in [6, 6.07) is 7.77. The number of carbonyl (C=O) groups excluding carboxylic acids is 3. The van der Waals surface area contributed by atoms with Crippen LogP contribution in [0.2, 0.25) is 0 Å². The molecule has 0 spiro atoms. The van der Waals surface area contributed by atoms with E-state index < -0.39 is 23.8 Å². The molecular weight excluding hydrogens is 401 g/mol. The number of halogens is 3. The standard InChI is InChI=1S/C20H17F3N4O3/c21-20(22,23)16-8-7-12(10-24-16)25-17(28)11-27-14-5-2-1-4-13(14)18(29)26-9-3-6-15(26)19(27)30/h1-2,4-5,7-8,10,15H,3,6,9,11H2,(H,25,28). The van der Waals surface area contributed by atoms with Gasteiger partial charge in [-0.3, -0.25) is 14.4 Å². The molecule has 4 rings (SSSR count). The SMILES string of the molecule is O=C(CN1C(=O)C2CCCN2C(=O)c2ccccc21)Nc1ccc(C(F)(F)F)nc1. The summed E-state index contributed by atoms with van der Waals surface area (Å²) in [6.07, 6.45) is -2.47. The summed E-state index contributed by atoms with van der Waals surface area (Å²) < 4.78 is 37.9. The van der Waals surface area contributed by atoms with Crippen molar-refractivity contribution in [3.63, 3.8) is 0 Å². The van der Waals surface area contributed by atoms with E-state index >= 15 is 0 Å². The number of nitrogens with one attached hydrogen (secondary N) is 1. The average molecular weight is 418 g/mol. The zero-order valence-corrected chi connectivity index (χ0v) is 15.6. The summed E-state index contributed by atoms with van der Waals surface area (Å²) in [6.45, 7) is 0.0926. The highest BCUT2D eigenvalue weighted by atomic mass is 19.4. The van der Waals surface area contributed by atoms with Gasteiger partial charge in [0.15, 0.2) is 0 Å². The second-order valence-corrected chi connectivity index (χ2v) is 7.08. The van der Waals surface area contributed by atoms with Crippen molar-refractivity contribution in [2.24, 2.45) is 0 Å².